The van der Waals surface area contributed by atoms with Crippen molar-refractivity contribution in [2.24, 2.45) is 0 Å². The highest BCUT2D eigenvalue weighted by molar-refractivity contribution is 5.96. The molecule has 0 saturated carbocycles. The van der Waals surface area contributed by atoms with E-state index in [1.165, 1.54) is 7.11 Å². The van der Waals surface area contributed by atoms with E-state index >= 15 is 0 Å². The number of hydrogen-bond acceptors (Lipinski definition) is 3. The maximum Gasteiger partial charge on any atom is 0.338 e. The summed E-state index contributed by atoms with van der Waals surface area (Å²) in [6.45, 7) is 3.76. The van der Waals surface area contributed by atoms with E-state index in [1.807, 2.05) is 19.9 Å². The lowest BCUT2D eigenvalue weighted by Crippen LogP contribution is -2.03. The highest BCUT2D eigenvalue weighted by Crippen LogP contribution is 2.20. The van der Waals surface area contributed by atoms with E-state index in [9.17, 15) is 4.79 Å². The summed E-state index contributed by atoms with van der Waals surface area (Å²) in [6.07, 6.45) is 0. The van der Waals surface area contributed by atoms with E-state index in [-0.39, 0.29) is 5.97 Å². The molecule has 1 aromatic heterocycles. The highest BCUT2D eigenvalue weighted by atomic mass is 16.5. The molecule has 0 aliphatic carbocycles. The standard InChI is InChI=1S/C11H12N2O2/c1-6-8(11(14)15-3)4-5-9-10(6)13-7(2)12-9/h4-5H,1-3H3,(H,12,13). The van der Waals surface area contributed by atoms with Crippen molar-refractivity contribution in [1.82, 2.24) is 9.97 Å². The predicted octanol–water partition coefficient (Wildman–Crippen LogP) is 1.97. The Morgan fingerprint density at radius 1 is 1.40 bits per heavy atom. The molecule has 0 aliphatic rings. The summed E-state index contributed by atoms with van der Waals surface area (Å²) >= 11 is 0. The molecule has 0 atom stereocenters. The van der Waals surface area contributed by atoms with Crippen molar-refractivity contribution in [3.8, 4) is 0 Å². The molecule has 1 N–H and O–H groups in total. The number of methoxy groups -OCH3 is 1. The van der Waals surface area contributed by atoms with Crippen LogP contribution in [0.15, 0.2) is 12.1 Å². The van der Waals surface area contributed by atoms with E-state index in [0.29, 0.717) is 5.56 Å². The summed E-state index contributed by atoms with van der Waals surface area (Å²) in [5.74, 6) is 0.519. The Labute approximate surface area is 87.3 Å². The van der Waals surface area contributed by atoms with Gasteiger partial charge >= 0.3 is 5.97 Å². The number of aromatic amines is 1. The maximum absolute atomic E-state index is 11.4. The fraction of sp³-hybridized carbons (Fsp3) is 0.273. The van der Waals surface area contributed by atoms with Gasteiger partial charge in [-0.15, -0.1) is 0 Å². The summed E-state index contributed by atoms with van der Waals surface area (Å²) in [5, 5.41) is 0. The van der Waals surface area contributed by atoms with Gasteiger partial charge in [0, 0.05) is 0 Å². The van der Waals surface area contributed by atoms with Crippen molar-refractivity contribution in [2.45, 2.75) is 13.8 Å². The van der Waals surface area contributed by atoms with Crippen LogP contribution in [0, 0.1) is 13.8 Å². The zero-order chi connectivity index (χ0) is 11.0. The molecule has 0 spiro atoms. The minimum Gasteiger partial charge on any atom is -0.465 e. The highest BCUT2D eigenvalue weighted by Gasteiger charge is 2.13. The second-order valence-corrected chi connectivity index (χ2v) is 3.45. The number of H-pyrrole nitrogens is 1. The Morgan fingerprint density at radius 2 is 2.13 bits per heavy atom. The second kappa shape index (κ2) is 3.38. The van der Waals surface area contributed by atoms with Crippen molar-refractivity contribution in [3.63, 3.8) is 0 Å². The lowest BCUT2D eigenvalue weighted by molar-refractivity contribution is 0.0600. The van der Waals surface area contributed by atoms with E-state index in [1.54, 1.807) is 6.07 Å². The molecule has 0 bridgehead atoms. The van der Waals surface area contributed by atoms with Crippen LogP contribution in [0.4, 0.5) is 0 Å². The Balaban J connectivity index is 2.69. The third-order valence-corrected chi connectivity index (χ3v) is 2.43. The fourth-order valence-corrected chi connectivity index (χ4v) is 1.67. The molecule has 2 rings (SSSR count). The number of ether oxygens (including phenoxy) is 1. The molecule has 0 radical (unpaired) electrons. The van der Waals surface area contributed by atoms with Crippen LogP contribution in [-0.2, 0) is 4.74 Å². The number of rotatable bonds is 1. The van der Waals surface area contributed by atoms with Gasteiger partial charge in [0.15, 0.2) is 0 Å². The van der Waals surface area contributed by atoms with Gasteiger partial charge in [-0.25, -0.2) is 9.78 Å². The van der Waals surface area contributed by atoms with E-state index in [0.717, 1.165) is 22.4 Å². The molecular formula is C11H12N2O2. The van der Waals surface area contributed by atoms with Crippen LogP contribution in [0.1, 0.15) is 21.7 Å². The average molecular weight is 204 g/mol. The van der Waals surface area contributed by atoms with Crippen LogP contribution in [0.3, 0.4) is 0 Å². The molecule has 1 aromatic carbocycles. The zero-order valence-electron chi connectivity index (χ0n) is 8.92. The first kappa shape index (κ1) is 9.71. The van der Waals surface area contributed by atoms with Crippen molar-refractivity contribution in [1.29, 1.82) is 0 Å². The monoisotopic (exact) mass is 204 g/mol. The average Bonchev–Trinajstić information content (AvgIpc) is 2.59. The largest absolute Gasteiger partial charge is 0.465 e. The van der Waals surface area contributed by atoms with Gasteiger partial charge in [-0.05, 0) is 31.5 Å². The quantitative estimate of drug-likeness (QED) is 0.722. The van der Waals surface area contributed by atoms with Crippen molar-refractivity contribution in [3.05, 3.63) is 29.1 Å². The van der Waals surface area contributed by atoms with E-state index in [2.05, 4.69) is 9.97 Å². The molecule has 4 heteroatoms. The van der Waals surface area contributed by atoms with Crippen molar-refractivity contribution < 1.29 is 9.53 Å². The lowest BCUT2D eigenvalue weighted by atomic mass is 10.1. The summed E-state index contributed by atoms with van der Waals surface area (Å²) in [4.78, 5) is 18.9. The fourth-order valence-electron chi connectivity index (χ4n) is 1.67. The van der Waals surface area contributed by atoms with E-state index in [4.69, 9.17) is 4.74 Å². The molecule has 0 unspecified atom stereocenters. The van der Waals surface area contributed by atoms with Gasteiger partial charge < -0.3 is 9.72 Å². The molecule has 1 heterocycles. The van der Waals surface area contributed by atoms with Crippen LogP contribution in [0.25, 0.3) is 11.0 Å². The Hall–Kier alpha value is -1.84. The van der Waals surface area contributed by atoms with Crippen molar-refractivity contribution >= 4 is 17.0 Å². The number of fused-ring (bicyclic) bond motifs is 1. The van der Waals surface area contributed by atoms with Crippen LogP contribution < -0.4 is 0 Å². The van der Waals surface area contributed by atoms with E-state index < -0.39 is 0 Å². The first-order valence-electron chi connectivity index (χ1n) is 4.67. The second-order valence-electron chi connectivity index (χ2n) is 3.45. The van der Waals surface area contributed by atoms with Gasteiger partial charge in [0.05, 0.1) is 23.7 Å². The van der Waals surface area contributed by atoms with Crippen LogP contribution in [-0.4, -0.2) is 23.0 Å². The number of nitrogens with one attached hydrogen (secondary N) is 1. The number of carbonyl (C=O) groups is 1. The molecule has 0 fully saturated rings. The maximum atomic E-state index is 11.4. The molecule has 0 aliphatic heterocycles. The SMILES string of the molecule is COC(=O)c1ccc2[nH]c(C)nc2c1C. The number of benzene rings is 1. The third-order valence-electron chi connectivity index (χ3n) is 2.43. The Bertz CT molecular complexity index is 529. The molecule has 78 valence electrons. The molecule has 0 saturated heterocycles. The lowest BCUT2D eigenvalue weighted by Gasteiger charge is -2.03. The smallest absolute Gasteiger partial charge is 0.338 e. The Morgan fingerprint density at radius 3 is 2.80 bits per heavy atom. The van der Waals surface area contributed by atoms with Gasteiger partial charge in [0.25, 0.3) is 0 Å². The number of nitrogens with zero attached hydrogens (tertiary/aromatic N) is 1. The topological polar surface area (TPSA) is 55.0 Å². The van der Waals surface area contributed by atoms with Crippen LogP contribution >= 0.6 is 0 Å². The molecular weight excluding hydrogens is 192 g/mol. The van der Waals surface area contributed by atoms with Crippen LogP contribution in [0.5, 0.6) is 0 Å². The molecule has 4 nitrogen and oxygen atoms in total. The number of carbonyl (C=O) groups excluding carboxylic acids is 1. The summed E-state index contributed by atoms with van der Waals surface area (Å²) in [6, 6.07) is 3.59. The summed E-state index contributed by atoms with van der Waals surface area (Å²) in [5.41, 5.74) is 3.19. The number of aryl methyl sites for hydroxylation is 2. The number of esters is 1. The summed E-state index contributed by atoms with van der Waals surface area (Å²) in [7, 11) is 1.38. The number of imidazole rings is 1. The molecule has 2 aromatic rings. The minimum atomic E-state index is -0.324. The predicted molar refractivity (Wildman–Crippen MR) is 56.9 cm³/mol. The molecule has 15 heavy (non-hydrogen) atoms. The summed E-state index contributed by atoms with van der Waals surface area (Å²) < 4.78 is 4.70. The normalized spacial score (nSPS) is 10.6. The Kier molecular flexibility index (Phi) is 2.19. The van der Waals surface area contributed by atoms with Crippen molar-refractivity contribution in [2.75, 3.05) is 7.11 Å². The van der Waals surface area contributed by atoms with Crippen LogP contribution in [0.2, 0.25) is 0 Å². The zero-order valence-corrected chi connectivity index (χ0v) is 8.92. The van der Waals surface area contributed by atoms with Gasteiger partial charge in [0.1, 0.15) is 5.82 Å². The molecule has 0 amide bonds. The van der Waals surface area contributed by atoms with Gasteiger partial charge in [0.2, 0.25) is 0 Å². The van der Waals surface area contributed by atoms with Gasteiger partial charge in [-0.1, -0.05) is 0 Å². The first-order chi connectivity index (χ1) is 7.13. The third kappa shape index (κ3) is 1.48. The first-order valence-corrected chi connectivity index (χ1v) is 4.67. The number of aromatic nitrogens is 2. The minimum absolute atomic E-state index is 0.324. The number of hydrogen-bond donors (Lipinski definition) is 1. The van der Waals surface area contributed by atoms with Gasteiger partial charge in [-0.3, -0.25) is 0 Å². The van der Waals surface area contributed by atoms with Gasteiger partial charge in [-0.2, -0.15) is 0 Å².